The fourth-order valence-corrected chi connectivity index (χ4v) is 1.43. The average Bonchev–Trinajstić information content (AvgIpc) is 2.27. The summed E-state index contributed by atoms with van der Waals surface area (Å²) in [5, 5.41) is 18.9. The van der Waals surface area contributed by atoms with Crippen molar-refractivity contribution in [2.24, 2.45) is 0 Å². The normalized spacial score (nSPS) is 10.3. The van der Waals surface area contributed by atoms with Crippen LogP contribution < -0.4 is 4.74 Å². The second-order valence-electron chi connectivity index (χ2n) is 3.22. The van der Waals surface area contributed by atoms with Crippen LogP contribution in [0.5, 0.6) is 11.5 Å². The summed E-state index contributed by atoms with van der Waals surface area (Å²) in [6.45, 7) is 0. The van der Waals surface area contributed by atoms with Gasteiger partial charge >= 0.3 is 5.97 Å². The third-order valence-corrected chi connectivity index (χ3v) is 2.20. The lowest BCUT2D eigenvalue weighted by atomic mass is 10.2. The Morgan fingerprint density at radius 1 is 1.38 bits per heavy atom. The number of pyridine rings is 1. The topological polar surface area (TPSA) is 79.7 Å². The van der Waals surface area contributed by atoms with Gasteiger partial charge in [-0.3, -0.25) is 0 Å². The Morgan fingerprint density at radius 2 is 2.12 bits per heavy atom. The van der Waals surface area contributed by atoms with Crippen molar-refractivity contribution in [1.29, 1.82) is 0 Å². The average molecular weight is 219 g/mol. The van der Waals surface area contributed by atoms with Gasteiger partial charge in [0, 0.05) is 5.39 Å². The van der Waals surface area contributed by atoms with Gasteiger partial charge in [-0.2, -0.15) is 0 Å². The highest BCUT2D eigenvalue weighted by molar-refractivity contribution is 5.93. The van der Waals surface area contributed by atoms with Gasteiger partial charge in [-0.05, 0) is 24.3 Å². The first-order valence-electron chi connectivity index (χ1n) is 4.53. The maximum atomic E-state index is 10.7. The summed E-state index contributed by atoms with van der Waals surface area (Å²) in [5.74, 6) is -0.986. The largest absolute Gasteiger partial charge is 0.505 e. The van der Waals surface area contributed by atoms with E-state index in [1.807, 2.05) is 0 Å². The summed E-state index contributed by atoms with van der Waals surface area (Å²) < 4.78 is 5.01. The van der Waals surface area contributed by atoms with Crippen LogP contribution in [-0.4, -0.2) is 28.3 Å². The third kappa shape index (κ3) is 1.63. The number of hydrogen-bond donors (Lipinski definition) is 2. The summed E-state index contributed by atoms with van der Waals surface area (Å²) in [4.78, 5) is 14.6. The van der Waals surface area contributed by atoms with Crippen molar-refractivity contribution >= 4 is 16.9 Å². The Bertz CT molecular complexity index is 565. The predicted octanol–water partition coefficient (Wildman–Crippen LogP) is 1.65. The molecule has 0 spiro atoms. The Morgan fingerprint density at radius 3 is 2.75 bits per heavy atom. The van der Waals surface area contributed by atoms with Crippen molar-refractivity contribution in [2.45, 2.75) is 0 Å². The Hall–Kier alpha value is -2.30. The number of aromatic hydroxyl groups is 1. The summed E-state index contributed by atoms with van der Waals surface area (Å²) >= 11 is 0. The van der Waals surface area contributed by atoms with Crippen LogP contribution in [0, 0.1) is 0 Å². The van der Waals surface area contributed by atoms with Gasteiger partial charge in [0.05, 0.1) is 12.6 Å². The van der Waals surface area contributed by atoms with E-state index in [2.05, 4.69) is 4.98 Å². The summed E-state index contributed by atoms with van der Waals surface area (Å²) in [7, 11) is 1.53. The van der Waals surface area contributed by atoms with Gasteiger partial charge in [0.2, 0.25) is 0 Å². The molecule has 2 aromatic rings. The minimum atomic E-state index is -1.25. The molecule has 0 unspecified atom stereocenters. The number of hydrogen-bond acceptors (Lipinski definition) is 4. The second kappa shape index (κ2) is 3.69. The summed E-state index contributed by atoms with van der Waals surface area (Å²) in [6, 6.07) is 6.35. The number of rotatable bonds is 2. The van der Waals surface area contributed by atoms with E-state index >= 15 is 0 Å². The molecule has 0 aliphatic heterocycles. The van der Waals surface area contributed by atoms with Crippen molar-refractivity contribution in [2.75, 3.05) is 7.11 Å². The number of benzene rings is 1. The molecule has 5 nitrogen and oxygen atoms in total. The van der Waals surface area contributed by atoms with Crippen LogP contribution in [0.3, 0.4) is 0 Å². The molecule has 0 bridgehead atoms. The molecule has 1 aromatic heterocycles. The fraction of sp³-hybridized carbons (Fsp3) is 0.0909. The molecule has 0 aliphatic carbocycles. The standard InChI is InChI=1S/C11H9NO4/c1-16-7-2-3-8-6(4-7)5-9(13)10(12-8)11(14)15/h2-5,13H,1H3,(H,14,15). The zero-order chi connectivity index (χ0) is 11.7. The Balaban J connectivity index is 2.68. The zero-order valence-electron chi connectivity index (χ0n) is 8.47. The SMILES string of the molecule is COc1ccc2nc(C(=O)O)c(O)cc2c1. The van der Waals surface area contributed by atoms with Crippen LogP contribution in [-0.2, 0) is 0 Å². The van der Waals surface area contributed by atoms with Crippen LogP contribution in [0.1, 0.15) is 10.5 Å². The van der Waals surface area contributed by atoms with Crippen LogP contribution in [0.4, 0.5) is 0 Å². The molecular formula is C11H9NO4. The molecule has 2 rings (SSSR count). The van der Waals surface area contributed by atoms with E-state index in [1.54, 1.807) is 18.2 Å². The van der Waals surface area contributed by atoms with Gasteiger partial charge in [0.25, 0.3) is 0 Å². The van der Waals surface area contributed by atoms with Gasteiger partial charge in [0.1, 0.15) is 11.5 Å². The van der Waals surface area contributed by atoms with Gasteiger partial charge in [0.15, 0.2) is 5.69 Å². The van der Waals surface area contributed by atoms with Gasteiger partial charge < -0.3 is 14.9 Å². The van der Waals surface area contributed by atoms with E-state index in [9.17, 15) is 9.90 Å². The van der Waals surface area contributed by atoms with E-state index in [0.29, 0.717) is 16.7 Å². The first-order valence-corrected chi connectivity index (χ1v) is 4.53. The molecule has 5 heteroatoms. The van der Waals surface area contributed by atoms with Gasteiger partial charge in [-0.15, -0.1) is 0 Å². The van der Waals surface area contributed by atoms with E-state index in [4.69, 9.17) is 9.84 Å². The smallest absolute Gasteiger partial charge is 0.358 e. The molecule has 82 valence electrons. The third-order valence-electron chi connectivity index (χ3n) is 2.20. The monoisotopic (exact) mass is 219 g/mol. The fourth-order valence-electron chi connectivity index (χ4n) is 1.43. The van der Waals surface area contributed by atoms with Crippen LogP contribution in [0.25, 0.3) is 10.9 Å². The number of carboxylic acids is 1. The molecule has 0 atom stereocenters. The second-order valence-corrected chi connectivity index (χ2v) is 3.22. The number of fused-ring (bicyclic) bond motifs is 1. The molecule has 2 N–H and O–H groups in total. The molecule has 0 saturated carbocycles. The Labute approximate surface area is 90.9 Å². The first-order chi connectivity index (χ1) is 7.61. The molecule has 0 saturated heterocycles. The highest BCUT2D eigenvalue weighted by atomic mass is 16.5. The molecule has 16 heavy (non-hydrogen) atoms. The molecule has 0 radical (unpaired) electrons. The number of carbonyl (C=O) groups is 1. The van der Waals surface area contributed by atoms with Crippen molar-refractivity contribution in [3.63, 3.8) is 0 Å². The zero-order valence-corrected chi connectivity index (χ0v) is 8.47. The van der Waals surface area contributed by atoms with Crippen molar-refractivity contribution in [3.05, 3.63) is 30.0 Å². The van der Waals surface area contributed by atoms with E-state index in [0.717, 1.165) is 0 Å². The lowest BCUT2D eigenvalue weighted by Gasteiger charge is -2.04. The van der Waals surface area contributed by atoms with Crippen molar-refractivity contribution in [3.8, 4) is 11.5 Å². The summed E-state index contributed by atoms with van der Waals surface area (Å²) in [6.07, 6.45) is 0. The van der Waals surface area contributed by atoms with E-state index in [-0.39, 0.29) is 11.4 Å². The molecule has 0 amide bonds. The lowest BCUT2D eigenvalue weighted by molar-refractivity contribution is 0.0687. The number of aromatic carboxylic acids is 1. The molecule has 0 fully saturated rings. The molecule has 1 aromatic carbocycles. The number of nitrogens with zero attached hydrogens (tertiary/aromatic N) is 1. The van der Waals surface area contributed by atoms with Gasteiger partial charge in [-0.25, -0.2) is 9.78 Å². The number of carboxylic acid groups (broad SMARTS) is 1. The first kappa shape index (κ1) is 10.2. The van der Waals surface area contributed by atoms with Crippen LogP contribution >= 0.6 is 0 Å². The summed E-state index contributed by atoms with van der Waals surface area (Å²) in [5.41, 5.74) is 0.147. The number of methoxy groups -OCH3 is 1. The lowest BCUT2D eigenvalue weighted by Crippen LogP contribution is -2.00. The molecule has 1 heterocycles. The Kier molecular flexibility index (Phi) is 2.36. The van der Waals surface area contributed by atoms with Crippen LogP contribution in [0.15, 0.2) is 24.3 Å². The highest BCUT2D eigenvalue weighted by Crippen LogP contribution is 2.25. The van der Waals surface area contributed by atoms with Crippen molar-refractivity contribution < 1.29 is 19.7 Å². The predicted molar refractivity (Wildman–Crippen MR) is 56.9 cm³/mol. The number of aromatic nitrogens is 1. The van der Waals surface area contributed by atoms with Crippen molar-refractivity contribution in [1.82, 2.24) is 4.98 Å². The van der Waals surface area contributed by atoms with Gasteiger partial charge in [-0.1, -0.05) is 0 Å². The highest BCUT2D eigenvalue weighted by Gasteiger charge is 2.12. The minimum absolute atomic E-state index is 0.349. The quantitative estimate of drug-likeness (QED) is 0.802. The maximum absolute atomic E-state index is 10.7. The van der Waals surface area contributed by atoms with Crippen LogP contribution in [0.2, 0.25) is 0 Å². The maximum Gasteiger partial charge on any atom is 0.358 e. The number of ether oxygens (including phenoxy) is 1. The molecular weight excluding hydrogens is 210 g/mol. The minimum Gasteiger partial charge on any atom is -0.505 e. The van der Waals surface area contributed by atoms with E-state index in [1.165, 1.54) is 13.2 Å². The van der Waals surface area contributed by atoms with E-state index < -0.39 is 5.97 Å². The molecule has 0 aliphatic rings.